The van der Waals surface area contributed by atoms with E-state index in [1.807, 2.05) is 4.90 Å². The molecule has 0 radical (unpaired) electrons. The van der Waals surface area contributed by atoms with Crippen molar-refractivity contribution in [2.45, 2.75) is 31.7 Å². The second-order valence-corrected chi connectivity index (χ2v) is 5.87. The van der Waals surface area contributed by atoms with Crippen LogP contribution in [0.4, 0.5) is 0 Å². The minimum absolute atomic E-state index is 0.392. The molecule has 1 aliphatic rings. The number of hydrogen-bond donors (Lipinski definition) is 1. The highest BCUT2D eigenvalue weighted by molar-refractivity contribution is 6.42. The lowest BCUT2D eigenvalue weighted by Gasteiger charge is -2.40. The Kier molecular flexibility index (Phi) is 4.39. The Morgan fingerprint density at radius 1 is 1.21 bits per heavy atom. The van der Waals surface area contributed by atoms with Crippen LogP contribution in [0.5, 0.6) is 0 Å². The van der Waals surface area contributed by atoms with Gasteiger partial charge in [-0.2, -0.15) is 0 Å². The van der Waals surface area contributed by atoms with Gasteiger partial charge in [0.05, 0.1) is 10.0 Å². The lowest BCUT2D eigenvalue weighted by atomic mass is 9.88. The van der Waals surface area contributed by atoms with Crippen LogP contribution in [0.15, 0.2) is 18.2 Å². The summed E-state index contributed by atoms with van der Waals surface area (Å²) in [4.78, 5) is 13.8. The van der Waals surface area contributed by atoms with Gasteiger partial charge in [0.15, 0.2) is 0 Å². The Morgan fingerprint density at radius 3 is 2.37 bits per heavy atom. The van der Waals surface area contributed by atoms with Crippen molar-refractivity contribution in [2.24, 2.45) is 0 Å². The molecule has 0 amide bonds. The molecule has 0 spiro atoms. The molecular formula is C14H17Cl2NO2. The van der Waals surface area contributed by atoms with Gasteiger partial charge in [-0.3, -0.25) is 4.90 Å². The van der Waals surface area contributed by atoms with E-state index < -0.39 is 11.5 Å². The number of halogens is 2. The summed E-state index contributed by atoms with van der Waals surface area (Å²) in [5, 5.41) is 10.5. The fraction of sp³-hybridized carbons (Fsp3) is 0.500. The van der Waals surface area contributed by atoms with E-state index >= 15 is 0 Å². The monoisotopic (exact) mass is 301 g/mol. The van der Waals surface area contributed by atoms with E-state index in [1.54, 1.807) is 25.1 Å². The molecule has 1 atom stereocenters. The highest BCUT2D eigenvalue weighted by Gasteiger charge is 2.41. The predicted molar refractivity (Wildman–Crippen MR) is 76.9 cm³/mol. The minimum atomic E-state index is -1.05. The normalized spacial score (nSPS) is 19.9. The number of carboxylic acids is 1. The summed E-state index contributed by atoms with van der Waals surface area (Å²) >= 11 is 11.9. The zero-order chi connectivity index (χ0) is 14.0. The van der Waals surface area contributed by atoms with E-state index in [2.05, 4.69) is 0 Å². The summed E-state index contributed by atoms with van der Waals surface area (Å²) in [6.45, 7) is 3.33. The third-order valence-corrected chi connectivity index (χ3v) is 4.63. The topological polar surface area (TPSA) is 40.5 Å². The molecule has 1 saturated heterocycles. The number of piperidine rings is 1. The largest absolute Gasteiger partial charge is 0.480 e. The number of rotatable bonds is 3. The summed E-state index contributed by atoms with van der Waals surface area (Å²) in [5.74, 6) is -0.854. The quantitative estimate of drug-likeness (QED) is 0.923. The highest BCUT2D eigenvalue weighted by Crippen LogP contribution is 2.34. The number of benzene rings is 1. The summed E-state index contributed by atoms with van der Waals surface area (Å²) in [7, 11) is 0. The Hall–Kier alpha value is -0.770. The van der Waals surface area contributed by atoms with Gasteiger partial charge in [-0.05, 0) is 50.6 Å². The first-order valence-electron chi connectivity index (χ1n) is 6.40. The van der Waals surface area contributed by atoms with Crippen molar-refractivity contribution in [3.05, 3.63) is 33.8 Å². The van der Waals surface area contributed by atoms with Crippen LogP contribution < -0.4 is 0 Å². The van der Waals surface area contributed by atoms with Crippen molar-refractivity contribution in [1.82, 2.24) is 4.90 Å². The molecule has 1 aromatic rings. The third-order valence-electron chi connectivity index (χ3n) is 3.89. The molecule has 1 heterocycles. The van der Waals surface area contributed by atoms with E-state index in [1.165, 1.54) is 0 Å². The first-order valence-corrected chi connectivity index (χ1v) is 7.16. The Labute approximate surface area is 123 Å². The summed E-state index contributed by atoms with van der Waals surface area (Å²) in [6, 6.07) is 5.06. The molecule has 0 bridgehead atoms. The van der Waals surface area contributed by atoms with Crippen LogP contribution in [-0.4, -0.2) is 29.1 Å². The van der Waals surface area contributed by atoms with E-state index in [0.29, 0.717) is 15.6 Å². The molecular weight excluding hydrogens is 285 g/mol. The van der Waals surface area contributed by atoms with Crippen molar-refractivity contribution >= 4 is 29.2 Å². The maximum Gasteiger partial charge on any atom is 0.328 e. The van der Waals surface area contributed by atoms with Crippen molar-refractivity contribution < 1.29 is 9.90 Å². The van der Waals surface area contributed by atoms with Crippen LogP contribution in [0.2, 0.25) is 10.0 Å². The Bertz CT molecular complexity index is 486. The molecule has 0 aromatic heterocycles. The smallest absolute Gasteiger partial charge is 0.328 e. The lowest BCUT2D eigenvalue weighted by Crippen LogP contribution is -2.51. The molecule has 0 saturated carbocycles. The first kappa shape index (κ1) is 14.6. The van der Waals surface area contributed by atoms with Crippen LogP contribution in [0.25, 0.3) is 0 Å². The van der Waals surface area contributed by atoms with Crippen LogP contribution in [0.1, 0.15) is 31.7 Å². The predicted octanol–water partition coefficient (Wildman–Crippen LogP) is 3.78. The molecule has 2 rings (SSSR count). The van der Waals surface area contributed by atoms with Gasteiger partial charge in [-0.1, -0.05) is 35.7 Å². The first-order chi connectivity index (χ1) is 8.96. The van der Waals surface area contributed by atoms with Crippen molar-refractivity contribution in [2.75, 3.05) is 13.1 Å². The molecule has 0 aliphatic carbocycles. The summed E-state index contributed by atoms with van der Waals surface area (Å²) < 4.78 is 0. The van der Waals surface area contributed by atoms with E-state index in [-0.39, 0.29) is 0 Å². The van der Waals surface area contributed by atoms with Gasteiger partial charge in [0.1, 0.15) is 5.54 Å². The molecule has 1 N–H and O–H groups in total. The lowest BCUT2D eigenvalue weighted by molar-refractivity contribution is -0.152. The number of likely N-dealkylation sites (tertiary alicyclic amines) is 1. The number of hydrogen-bond acceptors (Lipinski definition) is 2. The average Bonchev–Trinajstić information content (AvgIpc) is 2.41. The molecule has 19 heavy (non-hydrogen) atoms. The van der Waals surface area contributed by atoms with Gasteiger partial charge >= 0.3 is 5.97 Å². The second kappa shape index (κ2) is 5.70. The summed E-state index contributed by atoms with van der Waals surface area (Å²) in [5.41, 5.74) is -0.370. The van der Waals surface area contributed by atoms with Gasteiger partial charge < -0.3 is 5.11 Å². The van der Waals surface area contributed by atoms with Crippen molar-refractivity contribution in [1.29, 1.82) is 0 Å². The number of nitrogens with zero attached hydrogens (tertiary/aromatic N) is 1. The van der Waals surface area contributed by atoms with Crippen molar-refractivity contribution in [3.63, 3.8) is 0 Å². The standard InChI is InChI=1S/C14H17Cl2NO2/c1-14(13(18)19,17-7-3-2-4-8-17)10-5-6-11(15)12(16)9-10/h5-6,9H,2-4,7-8H2,1H3,(H,18,19). The number of carboxylic acid groups (broad SMARTS) is 1. The zero-order valence-corrected chi connectivity index (χ0v) is 12.3. The number of aliphatic carboxylic acids is 1. The average molecular weight is 302 g/mol. The van der Waals surface area contributed by atoms with Gasteiger partial charge in [0.2, 0.25) is 0 Å². The van der Waals surface area contributed by atoms with Gasteiger partial charge in [-0.25, -0.2) is 4.79 Å². The van der Waals surface area contributed by atoms with Crippen LogP contribution >= 0.6 is 23.2 Å². The van der Waals surface area contributed by atoms with Gasteiger partial charge in [-0.15, -0.1) is 0 Å². The Balaban J connectivity index is 2.42. The van der Waals surface area contributed by atoms with E-state index in [0.717, 1.165) is 32.4 Å². The third kappa shape index (κ3) is 2.73. The van der Waals surface area contributed by atoms with Gasteiger partial charge in [0.25, 0.3) is 0 Å². The maximum absolute atomic E-state index is 11.8. The highest BCUT2D eigenvalue weighted by atomic mass is 35.5. The van der Waals surface area contributed by atoms with Crippen LogP contribution in [0.3, 0.4) is 0 Å². The van der Waals surface area contributed by atoms with Crippen LogP contribution in [0, 0.1) is 0 Å². The molecule has 1 fully saturated rings. The fourth-order valence-corrected chi connectivity index (χ4v) is 2.88. The molecule has 104 valence electrons. The van der Waals surface area contributed by atoms with Crippen LogP contribution in [-0.2, 0) is 10.3 Å². The molecule has 1 aliphatic heterocycles. The Morgan fingerprint density at radius 2 is 1.84 bits per heavy atom. The molecule has 1 unspecified atom stereocenters. The second-order valence-electron chi connectivity index (χ2n) is 5.05. The summed E-state index contributed by atoms with van der Waals surface area (Å²) in [6.07, 6.45) is 3.22. The maximum atomic E-state index is 11.8. The van der Waals surface area contributed by atoms with E-state index in [9.17, 15) is 9.90 Å². The molecule has 3 nitrogen and oxygen atoms in total. The zero-order valence-electron chi connectivity index (χ0n) is 10.8. The minimum Gasteiger partial charge on any atom is -0.480 e. The van der Waals surface area contributed by atoms with Gasteiger partial charge in [0, 0.05) is 0 Å². The SMILES string of the molecule is CC(C(=O)O)(c1ccc(Cl)c(Cl)c1)N1CCCCC1. The molecule has 5 heteroatoms. The fourth-order valence-electron chi connectivity index (χ4n) is 2.58. The molecule has 1 aromatic carbocycles. The number of carbonyl (C=O) groups is 1. The van der Waals surface area contributed by atoms with E-state index in [4.69, 9.17) is 23.2 Å². The van der Waals surface area contributed by atoms with Crippen molar-refractivity contribution in [3.8, 4) is 0 Å².